The lowest BCUT2D eigenvalue weighted by Gasteiger charge is -2.12. The summed E-state index contributed by atoms with van der Waals surface area (Å²) in [6.45, 7) is 4.53. The monoisotopic (exact) mass is 406 g/mol. The molecule has 0 aliphatic carbocycles. The van der Waals surface area contributed by atoms with Gasteiger partial charge in [0.05, 0.1) is 22.9 Å². The molecule has 0 unspecified atom stereocenters. The normalized spacial score (nSPS) is 12.0. The third-order valence-electron chi connectivity index (χ3n) is 2.73. The summed E-state index contributed by atoms with van der Waals surface area (Å²) in [4.78, 5) is 2.14. The Morgan fingerprint density at radius 3 is 2.54 bits per heavy atom. The molecule has 9 heteroatoms. The molecule has 0 aliphatic heterocycles. The smallest absolute Gasteiger partial charge is 0.286 e. The van der Waals surface area contributed by atoms with Crippen molar-refractivity contribution in [3.63, 3.8) is 0 Å². The van der Waals surface area contributed by atoms with Crippen LogP contribution in [0.4, 0.5) is 0 Å². The minimum Gasteiger partial charge on any atom is -0.490 e. The van der Waals surface area contributed by atoms with Gasteiger partial charge in [-0.15, -0.1) is 11.3 Å². The van der Waals surface area contributed by atoms with Gasteiger partial charge in [0.2, 0.25) is 0 Å². The van der Waals surface area contributed by atoms with Crippen LogP contribution in [-0.4, -0.2) is 21.2 Å². The molecule has 0 fully saturated rings. The Hall–Kier alpha value is -1.28. The minimum atomic E-state index is -3.65. The number of hydrogen-bond donors (Lipinski definition) is 1. The number of rotatable bonds is 7. The van der Waals surface area contributed by atoms with Gasteiger partial charge in [-0.05, 0) is 35.1 Å². The van der Waals surface area contributed by atoms with E-state index in [0.717, 1.165) is 11.3 Å². The van der Waals surface area contributed by atoms with Crippen molar-refractivity contribution in [3.8, 4) is 5.75 Å². The molecule has 0 bridgehead atoms. The Bertz CT molecular complexity index is 796. The summed E-state index contributed by atoms with van der Waals surface area (Å²) >= 11 is 13.4. The molecule has 0 aliphatic rings. The van der Waals surface area contributed by atoms with Crippen LogP contribution < -0.4 is 9.57 Å². The molecule has 1 heterocycles. The Kier molecular flexibility index (Phi) is 6.51. The highest BCUT2D eigenvalue weighted by atomic mass is 35.5. The van der Waals surface area contributed by atoms with Gasteiger partial charge in [-0.3, -0.25) is 0 Å². The van der Waals surface area contributed by atoms with Crippen LogP contribution in [0.5, 0.6) is 5.75 Å². The third-order valence-corrected chi connectivity index (χ3v) is 5.91. The van der Waals surface area contributed by atoms with Crippen LogP contribution in [0.3, 0.4) is 0 Å². The second-order valence-electron chi connectivity index (χ2n) is 5.30. The van der Waals surface area contributed by atoms with Crippen LogP contribution in [0.1, 0.15) is 19.4 Å². The molecule has 1 N–H and O–H groups in total. The molecule has 0 amide bonds. The van der Waals surface area contributed by atoms with E-state index >= 15 is 0 Å². The van der Waals surface area contributed by atoms with E-state index in [0.29, 0.717) is 33.9 Å². The van der Waals surface area contributed by atoms with Gasteiger partial charge in [0, 0.05) is 0 Å². The van der Waals surface area contributed by atoms with E-state index < -0.39 is 10.0 Å². The number of thiophene rings is 1. The van der Waals surface area contributed by atoms with Gasteiger partial charge < -0.3 is 4.74 Å². The summed E-state index contributed by atoms with van der Waals surface area (Å²) in [5, 5.41) is 6.09. The second-order valence-corrected chi connectivity index (χ2v) is 8.95. The van der Waals surface area contributed by atoms with E-state index in [4.69, 9.17) is 27.9 Å². The van der Waals surface area contributed by atoms with Crippen molar-refractivity contribution in [2.45, 2.75) is 18.1 Å². The predicted molar refractivity (Wildman–Crippen MR) is 99.0 cm³/mol. The Labute approximate surface area is 155 Å². The Balaban J connectivity index is 2.10. The maximum atomic E-state index is 11.9. The summed E-state index contributed by atoms with van der Waals surface area (Å²) in [6.07, 6.45) is 1.33. The first-order chi connectivity index (χ1) is 11.3. The highest BCUT2D eigenvalue weighted by Crippen LogP contribution is 2.34. The van der Waals surface area contributed by atoms with Crippen LogP contribution in [0, 0.1) is 5.92 Å². The number of hydrazone groups is 1. The van der Waals surface area contributed by atoms with Gasteiger partial charge in [0.1, 0.15) is 4.21 Å². The molecule has 0 saturated carbocycles. The van der Waals surface area contributed by atoms with Crippen molar-refractivity contribution >= 4 is 50.8 Å². The summed E-state index contributed by atoms with van der Waals surface area (Å²) in [6, 6.07) is 6.35. The van der Waals surface area contributed by atoms with Gasteiger partial charge in [0.15, 0.2) is 5.75 Å². The predicted octanol–water partition coefficient (Wildman–Crippen LogP) is 4.40. The van der Waals surface area contributed by atoms with Crippen LogP contribution >= 0.6 is 34.5 Å². The Morgan fingerprint density at radius 2 is 2.00 bits per heavy atom. The van der Waals surface area contributed by atoms with Crippen molar-refractivity contribution in [3.05, 3.63) is 45.3 Å². The molecule has 0 spiro atoms. The van der Waals surface area contributed by atoms with E-state index in [-0.39, 0.29) is 4.21 Å². The lowest BCUT2D eigenvalue weighted by atomic mass is 10.2. The second kappa shape index (κ2) is 8.20. The lowest BCUT2D eigenvalue weighted by Crippen LogP contribution is -2.17. The molecule has 0 atom stereocenters. The first kappa shape index (κ1) is 19.1. The quantitative estimate of drug-likeness (QED) is 0.546. The third kappa shape index (κ3) is 5.11. The van der Waals surface area contributed by atoms with Gasteiger partial charge >= 0.3 is 0 Å². The highest BCUT2D eigenvalue weighted by Gasteiger charge is 2.13. The Morgan fingerprint density at radius 1 is 1.33 bits per heavy atom. The SMILES string of the molecule is CC(C)COc1c(Cl)cc(/C=N/NS(=O)(=O)c2cccs2)cc1Cl. The molecule has 1 aromatic heterocycles. The van der Waals surface area contributed by atoms with Crippen LogP contribution in [0.2, 0.25) is 10.0 Å². The maximum absolute atomic E-state index is 11.9. The van der Waals surface area contributed by atoms with Crippen molar-refractivity contribution in [1.29, 1.82) is 0 Å². The van der Waals surface area contributed by atoms with E-state index in [1.165, 1.54) is 12.3 Å². The van der Waals surface area contributed by atoms with Crippen LogP contribution in [-0.2, 0) is 10.0 Å². The average molecular weight is 407 g/mol. The van der Waals surface area contributed by atoms with Gasteiger partial charge in [-0.2, -0.15) is 18.4 Å². The highest BCUT2D eigenvalue weighted by molar-refractivity contribution is 7.91. The summed E-state index contributed by atoms with van der Waals surface area (Å²) in [7, 11) is -3.65. The first-order valence-electron chi connectivity index (χ1n) is 7.00. The number of halogens is 2. The molecule has 24 heavy (non-hydrogen) atoms. The molecule has 0 saturated heterocycles. The molecule has 0 radical (unpaired) electrons. The molecule has 1 aromatic carbocycles. The zero-order valence-corrected chi connectivity index (χ0v) is 16.1. The summed E-state index contributed by atoms with van der Waals surface area (Å²) in [5.41, 5.74) is 0.552. The molecule has 2 aromatic rings. The summed E-state index contributed by atoms with van der Waals surface area (Å²) in [5.74, 6) is 0.744. The van der Waals surface area contributed by atoms with Gasteiger partial charge in [-0.1, -0.05) is 43.1 Å². The zero-order valence-electron chi connectivity index (χ0n) is 13.0. The summed E-state index contributed by atoms with van der Waals surface area (Å²) < 4.78 is 29.6. The largest absolute Gasteiger partial charge is 0.490 e. The fourth-order valence-corrected chi connectivity index (χ4v) is 4.06. The van der Waals surface area contributed by atoms with Crippen LogP contribution in [0.15, 0.2) is 39.0 Å². The molecule has 5 nitrogen and oxygen atoms in total. The lowest BCUT2D eigenvalue weighted by molar-refractivity contribution is 0.271. The van der Waals surface area contributed by atoms with Crippen molar-refractivity contribution < 1.29 is 13.2 Å². The fourth-order valence-electron chi connectivity index (χ4n) is 1.67. The van der Waals surface area contributed by atoms with E-state index in [1.807, 2.05) is 13.8 Å². The topological polar surface area (TPSA) is 67.8 Å². The molecule has 130 valence electrons. The number of hydrogen-bond acceptors (Lipinski definition) is 5. The number of nitrogens with one attached hydrogen (secondary N) is 1. The first-order valence-corrected chi connectivity index (χ1v) is 10.1. The van der Waals surface area contributed by atoms with E-state index in [2.05, 4.69) is 9.93 Å². The van der Waals surface area contributed by atoms with E-state index in [1.54, 1.807) is 23.6 Å². The van der Waals surface area contributed by atoms with Crippen molar-refractivity contribution in [2.75, 3.05) is 6.61 Å². The average Bonchev–Trinajstić information content (AvgIpc) is 3.01. The number of ether oxygens (including phenoxy) is 1. The zero-order chi connectivity index (χ0) is 17.7. The molecular weight excluding hydrogens is 391 g/mol. The van der Waals surface area contributed by atoms with Crippen molar-refractivity contribution in [1.82, 2.24) is 4.83 Å². The number of nitrogens with zero attached hydrogens (tertiary/aromatic N) is 1. The fraction of sp³-hybridized carbons (Fsp3) is 0.267. The number of benzene rings is 1. The minimum absolute atomic E-state index is 0.188. The standard InChI is InChI=1S/C15H16Cl2N2O3S2/c1-10(2)9-22-15-12(16)6-11(7-13(15)17)8-18-19-24(20,21)14-4-3-5-23-14/h3-8,10,19H,9H2,1-2H3/b18-8+. The van der Waals surface area contributed by atoms with Crippen molar-refractivity contribution in [2.24, 2.45) is 11.0 Å². The van der Waals surface area contributed by atoms with Crippen LogP contribution in [0.25, 0.3) is 0 Å². The van der Waals surface area contributed by atoms with Gasteiger partial charge in [-0.25, -0.2) is 0 Å². The maximum Gasteiger partial charge on any atom is 0.286 e. The van der Waals surface area contributed by atoms with E-state index in [9.17, 15) is 8.42 Å². The molecule has 2 rings (SSSR count). The number of sulfonamides is 1. The molecular formula is C15H16Cl2N2O3S2. The van der Waals surface area contributed by atoms with Gasteiger partial charge in [0.25, 0.3) is 10.0 Å².